The summed E-state index contributed by atoms with van der Waals surface area (Å²) in [6.45, 7) is 6.07. The fourth-order valence-corrected chi connectivity index (χ4v) is 2.55. The van der Waals surface area contributed by atoms with E-state index in [1.807, 2.05) is 25.1 Å². The molecule has 1 aromatic carbocycles. The molecule has 1 aliphatic carbocycles. The minimum Gasteiger partial charge on any atom is -0.390 e. The molecule has 1 heteroatoms. The number of aliphatic hydroxyl groups is 1. The van der Waals surface area contributed by atoms with Gasteiger partial charge in [0.2, 0.25) is 0 Å². The lowest BCUT2D eigenvalue weighted by Crippen LogP contribution is -2.29. The van der Waals surface area contributed by atoms with Crippen LogP contribution < -0.4 is 0 Å². The van der Waals surface area contributed by atoms with Gasteiger partial charge in [0.1, 0.15) is 0 Å². The fraction of sp³-hybridized carbons (Fsp3) is 0.429. The van der Waals surface area contributed by atoms with Gasteiger partial charge in [-0.3, -0.25) is 0 Å². The van der Waals surface area contributed by atoms with Crippen molar-refractivity contribution in [2.24, 2.45) is 5.92 Å². The van der Waals surface area contributed by atoms with Gasteiger partial charge in [0.15, 0.2) is 0 Å². The standard InChI is InChI=1S/C14H18O/c1-11(12-7-4-3-5-8-12)13-9-6-10-14(13,2)15/h3-5,7-8,13,15H,1,6,9-10H2,2H3/t13-,14-/m0/s1. The second-order valence-electron chi connectivity index (χ2n) is 4.69. The molecule has 0 spiro atoms. The highest BCUT2D eigenvalue weighted by Crippen LogP contribution is 2.42. The van der Waals surface area contributed by atoms with Gasteiger partial charge in [-0.2, -0.15) is 0 Å². The van der Waals surface area contributed by atoms with E-state index < -0.39 is 5.60 Å². The summed E-state index contributed by atoms with van der Waals surface area (Å²) < 4.78 is 0. The normalized spacial score (nSPS) is 30.4. The largest absolute Gasteiger partial charge is 0.390 e. The first-order valence-corrected chi connectivity index (χ1v) is 5.58. The molecule has 0 aliphatic heterocycles. The lowest BCUT2D eigenvalue weighted by atomic mass is 9.83. The van der Waals surface area contributed by atoms with Crippen molar-refractivity contribution < 1.29 is 5.11 Å². The Labute approximate surface area is 91.4 Å². The Morgan fingerprint density at radius 3 is 2.60 bits per heavy atom. The van der Waals surface area contributed by atoms with E-state index >= 15 is 0 Å². The summed E-state index contributed by atoms with van der Waals surface area (Å²) in [5.74, 6) is 0.222. The fourth-order valence-electron chi connectivity index (χ4n) is 2.55. The zero-order chi connectivity index (χ0) is 10.9. The van der Waals surface area contributed by atoms with Crippen molar-refractivity contribution in [2.45, 2.75) is 31.8 Å². The van der Waals surface area contributed by atoms with E-state index in [0.717, 1.165) is 30.4 Å². The molecule has 1 aliphatic rings. The highest BCUT2D eigenvalue weighted by atomic mass is 16.3. The molecule has 1 fully saturated rings. The number of hydrogen-bond donors (Lipinski definition) is 1. The van der Waals surface area contributed by atoms with Gasteiger partial charge in [-0.1, -0.05) is 36.9 Å². The highest BCUT2D eigenvalue weighted by Gasteiger charge is 2.38. The van der Waals surface area contributed by atoms with E-state index in [2.05, 4.69) is 18.7 Å². The molecule has 1 saturated carbocycles. The lowest BCUT2D eigenvalue weighted by molar-refractivity contribution is 0.0425. The quantitative estimate of drug-likeness (QED) is 0.780. The van der Waals surface area contributed by atoms with Crippen LogP contribution >= 0.6 is 0 Å². The van der Waals surface area contributed by atoms with E-state index in [0.29, 0.717) is 0 Å². The Bertz CT molecular complexity index is 351. The lowest BCUT2D eigenvalue weighted by Gasteiger charge is -2.27. The molecule has 0 unspecified atom stereocenters. The van der Waals surface area contributed by atoms with Crippen LogP contribution in [0.5, 0.6) is 0 Å². The predicted molar refractivity (Wildman–Crippen MR) is 63.4 cm³/mol. The number of rotatable bonds is 2. The Balaban J connectivity index is 2.22. The van der Waals surface area contributed by atoms with E-state index in [4.69, 9.17) is 0 Å². The molecule has 2 rings (SSSR count). The molecular formula is C14H18O. The molecule has 1 nitrogen and oxygen atoms in total. The molecule has 0 heterocycles. The van der Waals surface area contributed by atoms with Crippen molar-refractivity contribution in [1.82, 2.24) is 0 Å². The van der Waals surface area contributed by atoms with Crippen LogP contribution in [0, 0.1) is 5.92 Å². The first-order chi connectivity index (χ1) is 7.11. The van der Waals surface area contributed by atoms with Gasteiger partial charge in [-0.25, -0.2) is 0 Å². The van der Waals surface area contributed by atoms with Gasteiger partial charge in [0.05, 0.1) is 5.60 Å². The third-order valence-corrected chi connectivity index (χ3v) is 3.49. The van der Waals surface area contributed by atoms with Crippen molar-refractivity contribution in [3.05, 3.63) is 42.5 Å². The van der Waals surface area contributed by atoms with Gasteiger partial charge in [0.25, 0.3) is 0 Å². The molecule has 1 N–H and O–H groups in total. The molecule has 0 radical (unpaired) electrons. The average molecular weight is 202 g/mol. The molecule has 2 atom stereocenters. The van der Waals surface area contributed by atoms with Gasteiger partial charge in [-0.05, 0) is 37.3 Å². The zero-order valence-corrected chi connectivity index (χ0v) is 9.24. The van der Waals surface area contributed by atoms with Crippen molar-refractivity contribution >= 4 is 5.57 Å². The van der Waals surface area contributed by atoms with Crippen LogP contribution in [0.25, 0.3) is 5.57 Å². The predicted octanol–water partition coefficient (Wildman–Crippen LogP) is 3.25. The second kappa shape index (κ2) is 3.82. The van der Waals surface area contributed by atoms with E-state index in [1.165, 1.54) is 0 Å². The molecule has 80 valence electrons. The summed E-state index contributed by atoms with van der Waals surface area (Å²) in [5, 5.41) is 10.2. The van der Waals surface area contributed by atoms with E-state index in [1.54, 1.807) is 0 Å². The third-order valence-electron chi connectivity index (χ3n) is 3.49. The van der Waals surface area contributed by atoms with Crippen LogP contribution in [0.1, 0.15) is 31.7 Å². The molecular weight excluding hydrogens is 184 g/mol. The van der Waals surface area contributed by atoms with Crippen molar-refractivity contribution in [3.63, 3.8) is 0 Å². The van der Waals surface area contributed by atoms with Gasteiger partial charge in [0, 0.05) is 5.92 Å². The molecule has 0 saturated heterocycles. The average Bonchev–Trinajstić information content (AvgIpc) is 2.58. The zero-order valence-electron chi connectivity index (χ0n) is 9.24. The van der Waals surface area contributed by atoms with Gasteiger partial charge in [-0.15, -0.1) is 0 Å². The maximum Gasteiger partial charge on any atom is 0.0688 e. The Morgan fingerprint density at radius 1 is 1.40 bits per heavy atom. The maximum absolute atomic E-state index is 10.2. The van der Waals surface area contributed by atoms with Crippen LogP contribution in [-0.4, -0.2) is 10.7 Å². The van der Waals surface area contributed by atoms with Crippen LogP contribution in [0.3, 0.4) is 0 Å². The third kappa shape index (κ3) is 1.98. The van der Waals surface area contributed by atoms with Gasteiger partial charge < -0.3 is 5.11 Å². The minimum atomic E-state index is -0.563. The molecule has 0 amide bonds. The first-order valence-electron chi connectivity index (χ1n) is 5.58. The van der Waals surface area contributed by atoms with Gasteiger partial charge >= 0.3 is 0 Å². The second-order valence-corrected chi connectivity index (χ2v) is 4.69. The summed E-state index contributed by atoms with van der Waals surface area (Å²) in [6, 6.07) is 10.2. The number of hydrogen-bond acceptors (Lipinski definition) is 1. The Morgan fingerprint density at radius 2 is 2.07 bits per heavy atom. The number of benzene rings is 1. The monoisotopic (exact) mass is 202 g/mol. The molecule has 0 bridgehead atoms. The first kappa shape index (κ1) is 10.4. The molecule has 0 aromatic heterocycles. The van der Waals surface area contributed by atoms with Crippen LogP contribution in [0.15, 0.2) is 36.9 Å². The van der Waals surface area contributed by atoms with Crippen molar-refractivity contribution in [2.75, 3.05) is 0 Å². The Hall–Kier alpha value is -1.08. The molecule has 15 heavy (non-hydrogen) atoms. The maximum atomic E-state index is 10.2. The smallest absolute Gasteiger partial charge is 0.0688 e. The summed E-state index contributed by atoms with van der Waals surface area (Å²) in [6.07, 6.45) is 3.05. The molecule has 1 aromatic rings. The van der Waals surface area contributed by atoms with E-state index in [-0.39, 0.29) is 5.92 Å². The SMILES string of the molecule is C=C(c1ccccc1)[C@@H]1CCC[C@]1(C)O. The summed E-state index contributed by atoms with van der Waals surface area (Å²) >= 11 is 0. The van der Waals surface area contributed by atoms with Crippen molar-refractivity contribution in [3.8, 4) is 0 Å². The van der Waals surface area contributed by atoms with Crippen molar-refractivity contribution in [1.29, 1.82) is 0 Å². The van der Waals surface area contributed by atoms with Crippen LogP contribution in [-0.2, 0) is 0 Å². The highest BCUT2D eigenvalue weighted by molar-refractivity contribution is 5.66. The van der Waals surface area contributed by atoms with E-state index in [9.17, 15) is 5.11 Å². The summed E-state index contributed by atoms with van der Waals surface area (Å²) in [5.41, 5.74) is 1.68. The minimum absolute atomic E-state index is 0.222. The van der Waals surface area contributed by atoms with Crippen LogP contribution in [0.2, 0.25) is 0 Å². The Kier molecular flexibility index (Phi) is 2.66. The topological polar surface area (TPSA) is 20.2 Å². The summed E-state index contributed by atoms with van der Waals surface area (Å²) in [4.78, 5) is 0. The summed E-state index contributed by atoms with van der Waals surface area (Å²) in [7, 11) is 0. The van der Waals surface area contributed by atoms with Crippen LogP contribution in [0.4, 0.5) is 0 Å².